The maximum Gasteiger partial charge on any atom is 0.330 e. The second-order valence-corrected chi connectivity index (χ2v) is 4.29. The molecule has 0 saturated heterocycles. The third kappa shape index (κ3) is 2.98. The summed E-state index contributed by atoms with van der Waals surface area (Å²) in [6.45, 7) is -1.42. The average molecular weight is 279 g/mol. The molecule has 0 aliphatic carbocycles. The summed E-state index contributed by atoms with van der Waals surface area (Å²) in [5, 5.41) is 0. The largest absolute Gasteiger partial charge is 0.490 e. The first-order valence-corrected chi connectivity index (χ1v) is 5.66. The Hall–Kier alpha value is -1.34. The minimum Gasteiger partial charge on any atom is -0.490 e. The van der Waals surface area contributed by atoms with Crippen LogP contribution in [0.5, 0.6) is 5.75 Å². The van der Waals surface area contributed by atoms with Gasteiger partial charge in [0.25, 0.3) is 0 Å². The summed E-state index contributed by atoms with van der Waals surface area (Å²) in [5.41, 5.74) is 6.47. The van der Waals surface area contributed by atoms with Gasteiger partial charge >= 0.3 is 12.3 Å². The van der Waals surface area contributed by atoms with Crippen molar-refractivity contribution in [1.29, 1.82) is 0 Å². The van der Waals surface area contributed by atoms with Gasteiger partial charge in [-0.2, -0.15) is 8.78 Å². The molecular weight excluding hydrogens is 266 g/mol. The first-order chi connectivity index (χ1) is 8.92. The Morgan fingerprint density at radius 3 is 2.74 bits per heavy atom. The summed E-state index contributed by atoms with van der Waals surface area (Å²) >= 11 is 0. The van der Waals surface area contributed by atoms with Crippen LogP contribution in [-0.4, -0.2) is 31.7 Å². The Balaban J connectivity index is 2.01. The Bertz CT molecular complexity index is 441. The summed E-state index contributed by atoms with van der Waals surface area (Å²) in [7, 11) is 0. The molecule has 19 heavy (non-hydrogen) atoms. The van der Waals surface area contributed by atoms with Gasteiger partial charge in [0.1, 0.15) is 25.1 Å². The van der Waals surface area contributed by atoms with E-state index in [1.54, 1.807) is 24.3 Å². The maximum absolute atomic E-state index is 12.8. The number of halogens is 4. The molecule has 0 saturated carbocycles. The minimum absolute atomic E-state index is 0.0441. The number of benzene rings is 1. The minimum atomic E-state index is -4.18. The number of hydrogen-bond acceptors (Lipinski definition) is 3. The van der Waals surface area contributed by atoms with Gasteiger partial charge < -0.3 is 15.2 Å². The summed E-state index contributed by atoms with van der Waals surface area (Å²) < 4.78 is 59.6. The van der Waals surface area contributed by atoms with Crippen LogP contribution >= 0.6 is 0 Å². The molecule has 1 aromatic carbocycles. The van der Waals surface area contributed by atoms with Gasteiger partial charge in [0.15, 0.2) is 0 Å². The van der Waals surface area contributed by atoms with Crippen LogP contribution in [0.1, 0.15) is 11.6 Å². The molecular formula is C12H13F4NO2. The highest BCUT2D eigenvalue weighted by Crippen LogP contribution is 2.32. The van der Waals surface area contributed by atoms with Gasteiger partial charge in [-0.3, -0.25) is 0 Å². The van der Waals surface area contributed by atoms with Gasteiger partial charge in [0, 0.05) is 5.56 Å². The first kappa shape index (κ1) is 14.1. The number of hydrogen-bond donors (Lipinski definition) is 1. The molecule has 0 amide bonds. The zero-order valence-corrected chi connectivity index (χ0v) is 9.86. The van der Waals surface area contributed by atoms with Crippen molar-refractivity contribution in [1.82, 2.24) is 0 Å². The normalized spacial score (nSPS) is 23.1. The monoisotopic (exact) mass is 279 g/mol. The number of rotatable bonds is 4. The third-order valence-electron chi connectivity index (χ3n) is 2.89. The van der Waals surface area contributed by atoms with Crippen molar-refractivity contribution < 1.29 is 27.0 Å². The van der Waals surface area contributed by atoms with E-state index in [2.05, 4.69) is 0 Å². The lowest BCUT2D eigenvalue weighted by molar-refractivity contribution is -0.181. The zero-order chi connectivity index (χ0) is 14.0. The topological polar surface area (TPSA) is 44.5 Å². The van der Waals surface area contributed by atoms with Crippen molar-refractivity contribution in [2.24, 2.45) is 5.73 Å². The molecule has 0 fully saturated rings. The van der Waals surface area contributed by atoms with E-state index in [0.717, 1.165) is 0 Å². The third-order valence-corrected chi connectivity index (χ3v) is 2.89. The molecule has 2 N–H and O–H groups in total. The molecule has 3 nitrogen and oxygen atoms in total. The average Bonchev–Trinajstić information content (AvgIpc) is 2.38. The lowest BCUT2D eigenvalue weighted by atomic mass is 9.99. The van der Waals surface area contributed by atoms with Crippen molar-refractivity contribution in [3.8, 4) is 5.75 Å². The quantitative estimate of drug-likeness (QED) is 0.861. The fraction of sp³-hybridized carbons (Fsp3) is 0.500. The summed E-state index contributed by atoms with van der Waals surface area (Å²) in [6, 6.07) is 6.16. The van der Waals surface area contributed by atoms with Crippen molar-refractivity contribution in [2.45, 2.75) is 24.5 Å². The molecule has 0 aromatic heterocycles. The van der Waals surface area contributed by atoms with Crippen molar-refractivity contribution in [3.05, 3.63) is 29.8 Å². The van der Waals surface area contributed by atoms with E-state index in [-0.39, 0.29) is 6.61 Å². The predicted molar refractivity (Wildman–Crippen MR) is 59.6 cm³/mol. The molecule has 0 bridgehead atoms. The van der Waals surface area contributed by atoms with E-state index >= 15 is 0 Å². The molecule has 1 aliphatic rings. The molecule has 2 atom stereocenters. The first-order valence-electron chi connectivity index (χ1n) is 5.66. The fourth-order valence-electron chi connectivity index (χ4n) is 1.80. The van der Waals surface area contributed by atoms with Crippen molar-refractivity contribution in [3.63, 3.8) is 0 Å². The molecule has 1 aromatic rings. The second-order valence-electron chi connectivity index (χ2n) is 4.29. The summed E-state index contributed by atoms with van der Waals surface area (Å²) in [6.07, 6.45) is -4.64. The van der Waals surface area contributed by atoms with Gasteiger partial charge in [-0.1, -0.05) is 18.2 Å². The number of fused-ring (bicyclic) bond motifs is 1. The van der Waals surface area contributed by atoms with Gasteiger partial charge in [0.05, 0.1) is 6.04 Å². The van der Waals surface area contributed by atoms with Crippen molar-refractivity contribution >= 4 is 0 Å². The van der Waals surface area contributed by atoms with Gasteiger partial charge in [0.2, 0.25) is 0 Å². The summed E-state index contributed by atoms with van der Waals surface area (Å²) in [5.74, 6) is -3.63. The van der Waals surface area contributed by atoms with Crippen LogP contribution < -0.4 is 10.5 Å². The Labute approximate surface area is 107 Å². The number of ether oxygens (including phenoxy) is 2. The van der Waals surface area contributed by atoms with E-state index < -0.39 is 31.1 Å². The molecule has 1 aliphatic heterocycles. The van der Waals surface area contributed by atoms with Crippen LogP contribution in [0.15, 0.2) is 24.3 Å². The van der Waals surface area contributed by atoms with Gasteiger partial charge in [-0.15, -0.1) is 0 Å². The van der Waals surface area contributed by atoms with E-state index in [0.29, 0.717) is 11.3 Å². The van der Waals surface area contributed by atoms with Crippen LogP contribution in [0.3, 0.4) is 0 Å². The lowest BCUT2D eigenvalue weighted by Gasteiger charge is -2.31. The van der Waals surface area contributed by atoms with E-state index in [1.807, 2.05) is 0 Å². The van der Waals surface area contributed by atoms with E-state index in [4.69, 9.17) is 15.2 Å². The predicted octanol–water partition coefficient (Wildman–Crippen LogP) is 2.36. The Morgan fingerprint density at radius 2 is 2.05 bits per heavy atom. The van der Waals surface area contributed by atoms with Crippen LogP contribution in [0.25, 0.3) is 0 Å². The Morgan fingerprint density at radius 1 is 1.37 bits per heavy atom. The number of para-hydroxylation sites is 1. The van der Waals surface area contributed by atoms with Gasteiger partial charge in [-0.25, -0.2) is 8.78 Å². The highest BCUT2D eigenvalue weighted by molar-refractivity contribution is 5.38. The van der Waals surface area contributed by atoms with Crippen LogP contribution in [-0.2, 0) is 4.74 Å². The molecule has 7 heteroatoms. The smallest absolute Gasteiger partial charge is 0.330 e. The highest BCUT2D eigenvalue weighted by atomic mass is 19.3. The molecule has 0 radical (unpaired) electrons. The highest BCUT2D eigenvalue weighted by Gasteiger charge is 2.42. The van der Waals surface area contributed by atoms with E-state index in [9.17, 15) is 17.6 Å². The number of nitrogens with two attached hydrogens (primary N) is 1. The van der Waals surface area contributed by atoms with Gasteiger partial charge in [-0.05, 0) is 6.07 Å². The van der Waals surface area contributed by atoms with Crippen molar-refractivity contribution in [2.75, 3.05) is 13.2 Å². The maximum atomic E-state index is 12.8. The standard InChI is InChI=1S/C12H13F4NO2/c13-11(14)12(15,16)6-19-9-5-18-8-4-2-1-3-7(8)10(9)17/h1-4,9-11H,5-6,17H2. The molecule has 1 heterocycles. The molecule has 2 rings (SSSR count). The molecule has 2 unspecified atom stereocenters. The SMILES string of the molecule is NC1c2ccccc2OCC1OCC(F)(F)C(F)F. The molecule has 106 valence electrons. The number of alkyl halides is 4. The summed E-state index contributed by atoms with van der Waals surface area (Å²) in [4.78, 5) is 0. The fourth-order valence-corrected chi connectivity index (χ4v) is 1.80. The second kappa shape index (κ2) is 5.34. The van der Waals surface area contributed by atoms with Crippen LogP contribution in [0.4, 0.5) is 17.6 Å². The molecule has 0 spiro atoms. The van der Waals surface area contributed by atoms with Crippen LogP contribution in [0.2, 0.25) is 0 Å². The van der Waals surface area contributed by atoms with E-state index in [1.165, 1.54) is 0 Å². The zero-order valence-electron chi connectivity index (χ0n) is 9.86. The lowest BCUT2D eigenvalue weighted by Crippen LogP contribution is -2.42. The van der Waals surface area contributed by atoms with Crippen LogP contribution in [0, 0.1) is 0 Å². The Kier molecular flexibility index (Phi) is 3.96.